The SMILES string of the molecule is CC/C=C/C=C/C=C/C=C/CCCCCC(=O)OCC(COCCC(C(=O)[O-])[N+](C)(C)C)OC(=O)CCCC/C=C/C/C=C/C/C=C/C/C=C/C/C=C/CCCCC. The van der Waals surface area contributed by atoms with Gasteiger partial charge in [-0.05, 0) is 83.5 Å². The van der Waals surface area contributed by atoms with E-state index in [1.807, 2.05) is 36.5 Å². The number of nitrogens with zero attached hydrogens (tertiary/aromatic N) is 1. The predicted molar refractivity (Wildman–Crippen MR) is 240 cm³/mol. The van der Waals surface area contributed by atoms with Crippen LogP contribution in [0.1, 0.15) is 136 Å². The smallest absolute Gasteiger partial charge is 0.306 e. The van der Waals surface area contributed by atoms with Crippen LogP contribution in [-0.4, -0.2) is 75.5 Å². The summed E-state index contributed by atoms with van der Waals surface area (Å²) in [6, 6.07) is -0.747. The van der Waals surface area contributed by atoms with E-state index in [1.54, 1.807) is 21.1 Å². The van der Waals surface area contributed by atoms with E-state index < -0.39 is 18.1 Å². The average molecular weight is 806 g/mol. The lowest BCUT2D eigenvalue weighted by atomic mass is 10.1. The number of carbonyl (C=O) groups is 3. The van der Waals surface area contributed by atoms with Crippen LogP contribution in [0, 0.1) is 0 Å². The Kier molecular flexibility index (Phi) is 37.0. The summed E-state index contributed by atoms with van der Waals surface area (Å²) in [4.78, 5) is 36.8. The molecule has 0 aliphatic carbocycles. The first-order valence-corrected chi connectivity index (χ1v) is 22.0. The number of rotatable bonds is 37. The third-order valence-electron chi connectivity index (χ3n) is 8.99. The van der Waals surface area contributed by atoms with E-state index >= 15 is 0 Å². The van der Waals surface area contributed by atoms with Gasteiger partial charge in [0.2, 0.25) is 0 Å². The Morgan fingerprint density at radius 3 is 1.59 bits per heavy atom. The topological polar surface area (TPSA) is 102 Å². The summed E-state index contributed by atoms with van der Waals surface area (Å²) < 4.78 is 17.1. The molecule has 0 saturated carbocycles. The Morgan fingerprint density at radius 1 is 0.552 bits per heavy atom. The molecule has 0 heterocycles. The van der Waals surface area contributed by atoms with E-state index in [1.165, 1.54) is 25.7 Å². The Hall–Kier alpha value is -4.01. The largest absolute Gasteiger partial charge is 0.544 e. The molecule has 0 aliphatic heterocycles. The molecule has 0 aromatic rings. The number of hydrogen-bond acceptors (Lipinski definition) is 7. The Labute approximate surface area is 353 Å². The number of carboxylic acids is 1. The molecule has 0 saturated heterocycles. The average Bonchev–Trinajstić information content (AvgIpc) is 3.18. The van der Waals surface area contributed by atoms with Crippen LogP contribution in [0.2, 0.25) is 0 Å². The molecule has 2 unspecified atom stereocenters. The summed E-state index contributed by atoms with van der Waals surface area (Å²) in [7, 11) is 5.36. The first-order chi connectivity index (χ1) is 28.1. The molecular formula is C50H79NO7. The van der Waals surface area contributed by atoms with E-state index in [9.17, 15) is 19.5 Å². The molecule has 8 nitrogen and oxygen atoms in total. The third kappa shape index (κ3) is 37.6. The molecule has 0 N–H and O–H groups in total. The van der Waals surface area contributed by atoms with Gasteiger partial charge < -0.3 is 28.6 Å². The van der Waals surface area contributed by atoms with Crippen molar-refractivity contribution in [2.24, 2.45) is 0 Å². The lowest BCUT2D eigenvalue weighted by Crippen LogP contribution is -2.55. The minimum Gasteiger partial charge on any atom is -0.544 e. The number of carbonyl (C=O) groups excluding carboxylic acids is 3. The fraction of sp³-hybridized carbons (Fsp3) is 0.580. The zero-order valence-electron chi connectivity index (χ0n) is 36.9. The number of ether oxygens (including phenoxy) is 3. The molecular weight excluding hydrogens is 727 g/mol. The molecule has 0 bridgehead atoms. The Bertz CT molecular complexity index is 1310. The van der Waals surface area contributed by atoms with Crippen LogP contribution in [0.4, 0.5) is 0 Å². The number of hydrogen-bond donors (Lipinski definition) is 0. The highest BCUT2D eigenvalue weighted by atomic mass is 16.6. The molecule has 0 aliphatic rings. The van der Waals surface area contributed by atoms with Crippen molar-refractivity contribution in [1.82, 2.24) is 0 Å². The minimum absolute atomic E-state index is 0.00215. The summed E-state index contributed by atoms with van der Waals surface area (Å²) in [6.45, 7) is 4.37. The fourth-order valence-corrected chi connectivity index (χ4v) is 5.57. The predicted octanol–water partition coefficient (Wildman–Crippen LogP) is 10.7. The van der Waals surface area contributed by atoms with Crippen molar-refractivity contribution in [3.05, 3.63) is 109 Å². The molecule has 8 heteroatoms. The number of unbranched alkanes of at least 4 members (excludes halogenated alkanes) is 8. The Morgan fingerprint density at radius 2 is 1.03 bits per heavy atom. The van der Waals surface area contributed by atoms with Crippen molar-refractivity contribution >= 4 is 17.9 Å². The van der Waals surface area contributed by atoms with Gasteiger partial charge in [0.1, 0.15) is 12.6 Å². The lowest BCUT2D eigenvalue weighted by molar-refractivity contribution is -0.889. The minimum atomic E-state index is -1.14. The van der Waals surface area contributed by atoms with Crippen molar-refractivity contribution in [3.8, 4) is 0 Å². The molecule has 326 valence electrons. The molecule has 0 aromatic carbocycles. The van der Waals surface area contributed by atoms with Gasteiger partial charge in [-0.25, -0.2) is 0 Å². The van der Waals surface area contributed by atoms with Crippen LogP contribution in [-0.2, 0) is 28.6 Å². The second-order valence-electron chi connectivity index (χ2n) is 15.3. The lowest BCUT2D eigenvalue weighted by Gasteiger charge is -2.34. The summed E-state index contributed by atoms with van der Waals surface area (Å²) in [5.74, 6) is -1.86. The van der Waals surface area contributed by atoms with Crippen LogP contribution in [0.3, 0.4) is 0 Å². The van der Waals surface area contributed by atoms with Gasteiger partial charge in [0.25, 0.3) is 0 Å². The van der Waals surface area contributed by atoms with E-state index in [2.05, 4.69) is 86.8 Å². The van der Waals surface area contributed by atoms with Gasteiger partial charge >= 0.3 is 11.9 Å². The van der Waals surface area contributed by atoms with Gasteiger partial charge in [-0.2, -0.15) is 0 Å². The van der Waals surface area contributed by atoms with Gasteiger partial charge in [0.15, 0.2) is 6.10 Å². The summed E-state index contributed by atoms with van der Waals surface area (Å²) in [5, 5.41) is 11.6. The van der Waals surface area contributed by atoms with Crippen molar-refractivity contribution in [3.63, 3.8) is 0 Å². The molecule has 0 amide bonds. The van der Waals surface area contributed by atoms with E-state index in [0.29, 0.717) is 12.8 Å². The maximum absolute atomic E-state index is 12.7. The van der Waals surface area contributed by atoms with Crippen molar-refractivity contribution < 1.29 is 38.2 Å². The van der Waals surface area contributed by atoms with E-state index in [0.717, 1.165) is 64.2 Å². The van der Waals surface area contributed by atoms with Gasteiger partial charge in [-0.1, -0.05) is 142 Å². The normalized spacial score (nSPS) is 14.0. The number of allylic oxidation sites excluding steroid dienone is 18. The van der Waals surface area contributed by atoms with Gasteiger partial charge in [0, 0.05) is 19.3 Å². The van der Waals surface area contributed by atoms with Crippen molar-refractivity contribution in [2.75, 3.05) is 41.0 Å². The number of likely N-dealkylation sites (N-methyl/N-ethyl adjacent to an activating group) is 1. The molecule has 0 spiro atoms. The molecule has 0 aromatic heterocycles. The third-order valence-corrected chi connectivity index (χ3v) is 8.99. The van der Waals surface area contributed by atoms with Gasteiger partial charge in [0.05, 0.1) is 40.3 Å². The molecule has 0 fully saturated rings. The maximum atomic E-state index is 12.7. The van der Waals surface area contributed by atoms with Gasteiger partial charge in [-0.15, -0.1) is 0 Å². The van der Waals surface area contributed by atoms with Crippen LogP contribution in [0.25, 0.3) is 0 Å². The van der Waals surface area contributed by atoms with E-state index in [-0.39, 0.29) is 55.5 Å². The highest BCUT2D eigenvalue weighted by Gasteiger charge is 2.25. The maximum Gasteiger partial charge on any atom is 0.306 e. The zero-order valence-corrected chi connectivity index (χ0v) is 36.9. The van der Waals surface area contributed by atoms with Crippen LogP contribution in [0.15, 0.2) is 109 Å². The molecule has 0 rings (SSSR count). The first kappa shape index (κ1) is 54.0. The summed E-state index contributed by atoms with van der Waals surface area (Å²) in [5.41, 5.74) is 0. The number of aliphatic carboxylic acids is 1. The summed E-state index contributed by atoms with van der Waals surface area (Å²) in [6.07, 6.45) is 54.1. The van der Waals surface area contributed by atoms with Crippen LogP contribution >= 0.6 is 0 Å². The summed E-state index contributed by atoms with van der Waals surface area (Å²) >= 11 is 0. The number of carboxylic acid groups (broad SMARTS) is 1. The number of esters is 2. The number of quaternary nitrogens is 1. The zero-order chi connectivity index (χ0) is 42.8. The molecule has 58 heavy (non-hydrogen) atoms. The van der Waals surface area contributed by atoms with Crippen LogP contribution in [0.5, 0.6) is 0 Å². The monoisotopic (exact) mass is 806 g/mol. The Balaban J connectivity index is 4.51. The second-order valence-corrected chi connectivity index (χ2v) is 15.3. The van der Waals surface area contributed by atoms with Crippen molar-refractivity contribution in [2.45, 2.75) is 148 Å². The molecule has 2 atom stereocenters. The fourth-order valence-electron chi connectivity index (χ4n) is 5.57. The highest BCUT2D eigenvalue weighted by Crippen LogP contribution is 2.11. The quantitative estimate of drug-likeness (QED) is 0.0203. The van der Waals surface area contributed by atoms with E-state index in [4.69, 9.17) is 14.2 Å². The van der Waals surface area contributed by atoms with Crippen LogP contribution < -0.4 is 5.11 Å². The van der Waals surface area contributed by atoms with Gasteiger partial charge in [-0.3, -0.25) is 9.59 Å². The second kappa shape index (κ2) is 39.8. The standard InChI is InChI=1S/C50H79NO7/c1-6-8-10-12-14-16-18-20-21-22-23-24-25-26-27-29-31-33-35-37-39-41-49(53)58-46(44-56-43-42-47(50(54)55)51(3,4)5)45-57-48(52)40-38-36-34-32-30-28-19-17-15-13-11-9-7-2/h9,11,13-17,19-21,23-24,26-28,30-31,33,46-47H,6-8,10,12,18,22,25,29,32,34-45H2,1-5H3/b11-9+,15-13+,16-14+,19-17+,21-20+,24-23+,27-26+,30-28+,33-31+. The first-order valence-electron chi connectivity index (χ1n) is 22.0. The highest BCUT2D eigenvalue weighted by molar-refractivity contribution is 5.70. The molecule has 0 radical (unpaired) electrons. The van der Waals surface area contributed by atoms with Crippen molar-refractivity contribution in [1.29, 1.82) is 0 Å².